The Labute approximate surface area is 70.7 Å². The Morgan fingerprint density at radius 2 is 2.25 bits per heavy atom. The summed E-state index contributed by atoms with van der Waals surface area (Å²) in [5.74, 6) is -0.794. The lowest BCUT2D eigenvalue weighted by molar-refractivity contribution is -0.156. The van der Waals surface area contributed by atoms with Crippen molar-refractivity contribution in [1.29, 1.82) is 0 Å². The standard InChI is InChI=1S/C9H12O3/c1-9(8(11)12)6-3-2-5(4-6)7(9)10/h2-3,5-7,10H,4H2,1H3,(H,11,12). The summed E-state index contributed by atoms with van der Waals surface area (Å²) >= 11 is 0. The highest BCUT2D eigenvalue weighted by atomic mass is 16.4. The number of hydrogen-bond donors (Lipinski definition) is 2. The highest BCUT2D eigenvalue weighted by Gasteiger charge is 2.57. The van der Waals surface area contributed by atoms with E-state index in [1.54, 1.807) is 6.92 Å². The van der Waals surface area contributed by atoms with Crippen LogP contribution in [0.2, 0.25) is 0 Å². The fourth-order valence-electron chi connectivity index (χ4n) is 2.36. The third-order valence-corrected chi connectivity index (χ3v) is 3.37. The van der Waals surface area contributed by atoms with Gasteiger partial charge in [-0.1, -0.05) is 12.2 Å². The van der Waals surface area contributed by atoms with Gasteiger partial charge < -0.3 is 10.2 Å². The number of carboxylic acid groups (broad SMARTS) is 1. The Morgan fingerprint density at radius 3 is 2.58 bits per heavy atom. The molecule has 0 radical (unpaired) electrons. The van der Waals surface area contributed by atoms with Gasteiger partial charge in [-0.3, -0.25) is 4.79 Å². The average molecular weight is 168 g/mol. The summed E-state index contributed by atoms with van der Waals surface area (Å²) in [5, 5.41) is 18.6. The quantitative estimate of drug-likeness (QED) is 0.565. The smallest absolute Gasteiger partial charge is 0.312 e. The number of aliphatic hydroxyl groups excluding tert-OH is 1. The van der Waals surface area contributed by atoms with Crippen LogP contribution in [0, 0.1) is 17.3 Å². The molecule has 2 aliphatic rings. The topological polar surface area (TPSA) is 57.5 Å². The molecule has 2 aliphatic carbocycles. The van der Waals surface area contributed by atoms with Gasteiger partial charge in [0.1, 0.15) is 0 Å². The average Bonchev–Trinajstić information content (AvgIpc) is 2.55. The van der Waals surface area contributed by atoms with Crippen molar-refractivity contribution in [3.05, 3.63) is 12.2 Å². The van der Waals surface area contributed by atoms with Crippen molar-refractivity contribution in [2.45, 2.75) is 19.4 Å². The number of hydrogen-bond acceptors (Lipinski definition) is 2. The molecule has 0 aromatic heterocycles. The molecule has 0 amide bonds. The van der Waals surface area contributed by atoms with E-state index in [1.165, 1.54) is 0 Å². The molecule has 2 N–H and O–H groups in total. The van der Waals surface area contributed by atoms with Crippen LogP contribution in [0.5, 0.6) is 0 Å². The molecule has 0 aromatic rings. The SMILES string of the molecule is CC1(C(=O)O)C2C=CC(C2)C1O. The minimum Gasteiger partial charge on any atom is -0.481 e. The highest BCUT2D eigenvalue weighted by molar-refractivity contribution is 5.77. The van der Waals surface area contributed by atoms with Crippen LogP contribution in [-0.2, 0) is 4.79 Å². The number of fused-ring (bicyclic) bond motifs is 2. The van der Waals surface area contributed by atoms with E-state index in [4.69, 9.17) is 5.11 Å². The molecule has 2 rings (SSSR count). The third-order valence-electron chi connectivity index (χ3n) is 3.37. The maximum absolute atomic E-state index is 10.9. The van der Waals surface area contributed by atoms with Gasteiger partial charge in [0.25, 0.3) is 0 Å². The fourth-order valence-corrected chi connectivity index (χ4v) is 2.36. The Balaban J connectivity index is 2.39. The Hall–Kier alpha value is -0.830. The van der Waals surface area contributed by atoms with Crippen LogP contribution in [-0.4, -0.2) is 22.3 Å². The lowest BCUT2D eigenvalue weighted by Gasteiger charge is -2.30. The monoisotopic (exact) mass is 168 g/mol. The van der Waals surface area contributed by atoms with E-state index in [9.17, 15) is 9.90 Å². The number of carbonyl (C=O) groups is 1. The van der Waals surface area contributed by atoms with Crippen LogP contribution in [0.3, 0.4) is 0 Å². The van der Waals surface area contributed by atoms with Crippen LogP contribution in [0.4, 0.5) is 0 Å². The van der Waals surface area contributed by atoms with Crippen LogP contribution in [0.15, 0.2) is 12.2 Å². The molecule has 4 atom stereocenters. The lowest BCUT2D eigenvalue weighted by atomic mass is 9.76. The maximum Gasteiger partial charge on any atom is 0.312 e. The minimum absolute atomic E-state index is 0.0231. The molecule has 66 valence electrons. The molecular weight excluding hydrogens is 156 g/mol. The summed E-state index contributed by atoms with van der Waals surface area (Å²) in [4.78, 5) is 10.9. The molecule has 2 bridgehead atoms. The van der Waals surface area contributed by atoms with Gasteiger partial charge in [0.2, 0.25) is 0 Å². The molecule has 12 heavy (non-hydrogen) atoms. The third kappa shape index (κ3) is 0.672. The van der Waals surface area contributed by atoms with Gasteiger partial charge in [-0.15, -0.1) is 0 Å². The Kier molecular flexibility index (Phi) is 1.37. The Bertz CT molecular complexity index is 258. The van der Waals surface area contributed by atoms with Crippen molar-refractivity contribution in [2.75, 3.05) is 0 Å². The summed E-state index contributed by atoms with van der Waals surface area (Å²) in [5.41, 5.74) is -0.945. The summed E-state index contributed by atoms with van der Waals surface area (Å²) in [6.07, 6.45) is 3.94. The number of rotatable bonds is 1. The molecule has 0 spiro atoms. The minimum atomic E-state index is -0.945. The van der Waals surface area contributed by atoms with E-state index in [2.05, 4.69) is 0 Å². The molecule has 0 aliphatic heterocycles. The van der Waals surface area contributed by atoms with Gasteiger partial charge in [0.05, 0.1) is 11.5 Å². The van der Waals surface area contributed by atoms with Gasteiger partial charge in [0.15, 0.2) is 0 Å². The van der Waals surface area contributed by atoms with Gasteiger partial charge in [-0.2, -0.15) is 0 Å². The normalized spacial score (nSPS) is 50.0. The largest absolute Gasteiger partial charge is 0.481 e. The summed E-state index contributed by atoms with van der Waals surface area (Å²) in [7, 11) is 0. The van der Waals surface area contributed by atoms with Crippen LogP contribution in [0.1, 0.15) is 13.3 Å². The first-order valence-corrected chi connectivity index (χ1v) is 4.16. The lowest BCUT2D eigenvalue weighted by Crippen LogP contribution is -2.42. The van der Waals surface area contributed by atoms with E-state index in [-0.39, 0.29) is 11.8 Å². The zero-order chi connectivity index (χ0) is 8.93. The summed E-state index contributed by atoms with van der Waals surface area (Å²) in [6.45, 7) is 1.63. The number of carboxylic acids is 1. The van der Waals surface area contributed by atoms with Crippen molar-refractivity contribution in [3.8, 4) is 0 Å². The molecule has 3 heteroatoms. The van der Waals surface area contributed by atoms with Gasteiger partial charge in [-0.25, -0.2) is 0 Å². The second-order valence-electron chi connectivity index (χ2n) is 3.92. The molecule has 1 saturated carbocycles. The van der Waals surface area contributed by atoms with Crippen molar-refractivity contribution in [3.63, 3.8) is 0 Å². The fraction of sp³-hybridized carbons (Fsp3) is 0.667. The second kappa shape index (κ2) is 2.10. The van der Waals surface area contributed by atoms with Crippen molar-refractivity contribution in [1.82, 2.24) is 0 Å². The highest BCUT2D eigenvalue weighted by Crippen LogP contribution is 2.51. The zero-order valence-corrected chi connectivity index (χ0v) is 6.90. The first kappa shape index (κ1) is 7.80. The second-order valence-corrected chi connectivity index (χ2v) is 3.92. The van der Waals surface area contributed by atoms with Gasteiger partial charge >= 0.3 is 5.97 Å². The number of aliphatic hydroxyl groups is 1. The van der Waals surface area contributed by atoms with E-state index < -0.39 is 17.5 Å². The first-order valence-electron chi connectivity index (χ1n) is 4.16. The molecule has 4 unspecified atom stereocenters. The van der Waals surface area contributed by atoms with Gasteiger partial charge in [0, 0.05) is 5.92 Å². The predicted octanol–water partition coefficient (Wildman–Crippen LogP) is 0.644. The van der Waals surface area contributed by atoms with Crippen LogP contribution in [0.25, 0.3) is 0 Å². The zero-order valence-electron chi connectivity index (χ0n) is 6.90. The van der Waals surface area contributed by atoms with E-state index in [0.29, 0.717) is 0 Å². The Morgan fingerprint density at radius 1 is 1.58 bits per heavy atom. The molecule has 0 heterocycles. The van der Waals surface area contributed by atoms with E-state index in [0.717, 1.165) is 6.42 Å². The number of allylic oxidation sites excluding steroid dienone is 1. The van der Waals surface area contributed by atoms with E-state index in [1.807, 2.05) is 12.2 Å². The molecular formula is C9H12O3. The summed E-state index contributed by atoms with van der Waals surface area (Å²) < 4.78 is 0. The molecule has 0 aromatic carbocycles. The van der Waals surface area contributed by atoms with Crippen LogP contribution < -0.4 is 0 Å². The molecule has 1 fully saturated rings. The first-order chi connectivity index (χ1) is 5.56. The number of aliphatic carboxylic acids is 1. The molecule has 3 nitrogen and oxygen atoms in total. The molecule has 0 saturated heterocycles. The van der Waals surface area contributed by atoms with Crippen LogP contribution >= 0.6 is 0 Å². The van der Waals surface area contributed by atoms with E-state index >= 15 is 0 Å². The predicted molar refractivity (Wildman–Crippen MR) is 42.5 cm³/mol. The summed E-state index contributed by atoms with van der Waals surface area (Å²) in [6, 6.07) is 0. The van der Waals surface area contributed by atoms with Crippen molar-refractivity contribution in [2.24, 2.45) is 17.3 Å². The van der Waals surface area contributed by atoms with Crippen molar-refractivity contribution >= 4 is 5.97 Å². The van der Waals surface area contributed by atoms with Crippen molar-refractivity contribution < 1.29 is 15.0 Å². The van der Waals surface area contributed by atoms with Gasteiger partial charge in [-0.05, 0) is 19.3 Å². The maximum atomic E-state index is 10.9.